The van der Waals surface area contributed by atoms with E-state index in [1.807, 2.05) is 51.1 Å². The standard InChI is InChI=1S/C23H33NO5/c1-23(2,3)29-22(26)24-13-7-11-19(24)18-15-21(25)28-20(18)12-8-14-27-16-17-9-5-4-6-10-17/h4-6,9-10,18-20H,7-8,11-16H2,1-3H3/t18-,19+,20-/m1/s1. The van der Waals surface area contributed by atoms with Crippen molar-refractivity contribution in [2.24, 2.45) is 5.92 Å². The van der Waals surface area contributed by atoms with Gasteiger partial charge in [-0.2, -0.15) is 0 Å². The van der Waals surface area contributed by atoms with E-state index in [1.54, 1.807) is 4.90 Å². The molecule has 6 heteroatoms. The van der Waals surface area contributed by atoms with E-state index < -0.39 is 5.60 Å². The Hall–Kier alpha value is -2.08. The molecule has 0 unspecified atom stereocenters. The van der Waals surface area contributed by atoms with Gasteiger partial charge in [-0.3, -0.25) is 4.79 Å². The molecule has 0 spiro atoms. The van der Waals surface area contributed by atoms with Gasteiger partial charge in [0, 0.05) is 25.1 Å². The monoisotopic (exact) mass is 403 g/mol. The van der Waals surface area contributed by atoms with Crippen LogP contribution in [-0.2, 0) is 25.6 Å². The van der Waals surface area contributed by atoms with Crippen LogP contribution in [0.2, 0.25) is 0 Å². The van der Waals surface area contributed by atoms with Crippen LogP contribution >= 0.6 is 0 Å². The molecule has 1 aromatic rings. The number of carbonyl (C=O) groups is 2. The molecule has 0 radical (unpaired) electrons. The number of benzene rings is 1. The van der Waals surface area contributed by atoms with Crippen molar-refractivity contribution in [3.63, 3.8) is 0 Å². The second-order valence-corrected chi connectivity index (χ2v) is 8.96. The van der Waals surface area contributed by atoms with Gasteiger partial charge in [-0.05, 0) is 52.0 Å². The molecule has 3 rings (SSSR count). The molecular weight excluding hydrogens is 370 g/mol. The van der Waals surface area contributed by atoms with E-state index >= 15 is 0 Å². The Bertz CT molecular complexity index is 684. The number of likely N-dealkylation sites (tertiary alicyclic amines) is 1. The van der Waals surface area contributed by atoms with Crippen molar-refractivity contribution in [2.75, 3.05) is 13.2 Å². The van der Waals surface area contributed by atoms with Crippen LogP contribution in [0.25, 0.3) is 0 Å². The second-order valence-electron chi connectivity index (χ2n) is 8.96. The summed E-state index contributed by atoms with van der Waals surface area (Å²) in [5.74, 6) is -0.132. The summed E-state index contributed by atoms with van der Waals surface area (Å²) in [6.07, 6.45) is 3.33. The van der Waals surface area contributed by atoms with Crippen LogP contribution in [0.15, 0.2) is 30.3 Å². The summed E-state index contributed by atoms with van der Waals surface area (Å²) in [6.45, 7) is 7.50. The summed E-state index contributed by atoms with van der Waals surface area (Å²) in [4.78, 5) is 26.4. The van der Waals surface area contributed by atoms with Gasteiger partial charge in [0.1, 0.15) is 11.7 Å². The van der Waals surface area contributed by atoms with Gasteiger partial charge in [-0.1, -0.05) is 30.3 Å². The van der Waals surface area contributed by atoms with Gasteiger partial charge in [0.15, 0.2) is 0 Å². The molecule has 0 aliphatic carbocycles. The second kappa shape index (κ2) is 9.61. The zero-order valence-electron chi connectivity index (χ0n) is 17.8. The Labute approximate surface area is 173 Å². The number of amides is 1. The Morgan fingerprint density at radius 3 is 2.72 bits per heavy atom. The van der Waals surface area contributed by atoms with Gasteiger partial charge in [-0.15, -0.1) is 0 Å². The average molecular weight is 404 g/mol. The smallest absolute Gasteiger partial charge is 0.410 e. The van der Waals surface area contributed by atoms with Gasteiger partial charge < -0.3 is 19.1 Å². The summed E-state index contributed by atoms with van der Waals surface area (Å²) >= 11 is 0. The number of hydrogen-bond donors (Lipinski definition) is 0. The minimum Gasteiger partial charge on any atom is -0.462 e. The van der Waals surface area contributed by atoms with Crippen molar-refractivity contribution < 1.29 is 23.8 Å². The van der Waals surface area contributed by atoms with E-state index in [0.29, 0.717) is 26.2 Å². The van der Waals surface area contributed by atoms with Crippen LogP contribution in [0.1, 0.15) is 58.4 Å². The molecule has 1 aromatic carbocycles. The maximum atomic E-state index is 12.6. The van der Waals surface area contributed by atoms with Crippen molar-refractivity contribution in [3.05, 3.63) is 35.9 Å². The van der Waals surface area contributed by atoms with Gasteiger partial charge >= 0.3 is 12.1 Å². The Morgan fingerprint density at radius 2 is 2.00 bits per heavy atom. The maximum absolute atomic E-state index is 12.6. The average Bonchev–Trinajstić information content (AvgIpc) is 3.27. The molecule has 2 saturated heterocycles. The van der Waals surface area contributed by atoms with E-state index in [2.05, 4.69) is 0 Å². The minimum atomic E-state index is -0.526. The Morgan fingerprint density at radius 1 is 1.24 bits per heavy atom. The van der Waals surface area contributed by atoms with E-state index in [9.17, 15) is 9.59 Å². The summed E-state index contributed by atoms with van der Waals surface area (Å²) in [5, 5.41) is 0. The number of carbonyl (C=O) groups excluding carboxylic acids is 2. The fourth-order valence-corrected chi connectivity index (χ4v) is 4.22. The normalized spacial score (nSPS) is 24.6. The van der Waals surface area contributed by atoms with Crippen LogP contribution in [0.3, 0.4) is 0 Å². The van der Waals surface area contributed by atoms with Gasteiger partial charge in [0.2, 0.25) is 0 Å². The minimum absolute atomic E-state index is 0.00605. The fraction of sp³-hybridized carbons (Fsp3) is 0.652. The predicted molar refractivity (Wildman–Crippen MR) is 109 cm³/mol. The van der Waals surface area contributed by atoms with Gasteiger partial charge in [0.25, 0.3) is 0 Å². The van der Waals surface area contributed by atoms with Gasteiger partial charge in [0.05, 0.1) is 13.0 Å². The van der Waals surface area contributed by atoms with Crippen molar-refractivity contribution in [1.82, 2.24) is 4.90 Å². The lowest BCUT2D eigenvalue weighted by molar-refractivity contribution is -0.141. The van der Waals surface area contributed by atoms with Crippen molar-refractivity contribution in [3.8, 4) is 0 Å². The summed E-state index contributed by atoms with van der Waals surface area (Å²) in [6, 6.07) is 10.1. The molecule has 2 fully saturated rings. The molecule has 2 heterocycles. The lowest BCUT2D eigenvalue weighted by atomic mass is 9.88. The number of rotatable bonds is 7. The third-order valence-electron chi connectivity index (χ3n) is 5.47. The molecule has 2 aliphatic heterocycles. The van der Waals surface area contributed by atoms with E-state index in [-0.39, 0.29) is 30.1 Å². The zero-order chi connectivity index (χ0) is 20.9. The van der Waals surface area contributed by atoms with Crippen molar-refractivity contribution >= 4 is 12.1 Å². The molecular formula is C23H33NO5. The van der Waals surface area contributed by atoms with Gasteiger partial charge in [-0.25, -0.2) is 4.79 Å². The number of esters is 1. The highest BCUT2D eigenvalue weighted by molar-refractivity contribution is 5.73. The highest BCUT2D eigenvalue weighted by Gasteiger charge is 2.45. The molecule has 3 atom stereocenters. The first-order chi connectivity index (χ1) is 13.8. The molecule has 160 valence electrons. The highest BCUT2D eigenvalue weighted by Crippen LogP contribution is 2.36. The maximum Gasteiger partial charge on any atom is 0.410 e. The predicted octanol–water partition coefficient (Wildman–Crippen LogP) is 4.31. The Balaban J connectivity index is 1.50. The summed E-state index contributed by atoms with van der Waals surface area (Å²) in [7, 11) is 0. The molecule has 29 heavy (non-hydrogen) atoms. The molecule has 0 bridgehead atoms. The van der Waals surface area contributed by atoms with E-state index in [1.165, 1.54) is 0 Å². The first-order valence-electron chi connectivity index (χ1n) is 10.6. The third kappa shape index (κ3) is 6.20. The highest BCUT2D eigenvalue weighted by atomic mass is 16.6. The quantitative estimate of drug-likeness (QED) is 0.501. The van der Waals surface area contributed by atoms with Crippen LogP contribution in [-0.4, -0.2) is 47.9 Å². The number of hydrogen-bond acceptors (Lipinski definition) is 5. The summed E-state index contributed by atoms with van der Waals surface area (Å²) < 4.78 is 16.9. The third-order valence-corrected chi connectivity index (χ3v) is 5.47. The number of cyclic esters (lactones) is 1. The largest absolute Gasteiger partial charge is 0.462 e. The lowest BCUT2D eigenvalue weighted by Gasteiger charge is -2.32. The first-order valence-corrected chi connectivity index (χ1v) is 10.6. The lowest BCUT2D eigenvalue weighted by Crippen LogP contribution is -2.45. The molecule has 0 N–H and O–H groups in total. The molecule has 6 nitrogen and oxygen atoms in total. The molecule has 2 aliphatic rings. The van der Waals surface area contributed by atoms with Crippen LogP contribution in [0, 0.1) is 5.92 Å². The molecule has 0 saturated carbocycles. The van der Waals surface area contributed by atoms with Crippen LogP contribution < -0.4 is 0 Å². The number of nitrogens with zero attached hydrogens (tertiary/aromatic N) is 1. The van der Waals surface area contributed by atoms with Crippen molar-refractivity contribution in [1.29, 1.82) is 0 Å². The van der Waals surface area contributed by atoms with E-state index in [4.69, 9.17) is 14.2 Å². The van der Waals surface area contributed by atoms with Crippen molar-refractivity contribution in [2.45, 2.75) is 77.2 Å². The molecule has 0 aromatic heterocycles. The van der Waals surface area contributed by atoms with Crippen LogP contribution in [0.4, 0.5) is 4.79 Å². The first kappa shape index (κ1) is 21.6. The summed E-state index contributed by atoms with van der Waals surface area (Å²) in [5.41, 5.74) is 0.624. The molecule has 1 amide bonds. The SMILES string of the molecule is CC(C)(C)OC(=O)N1CCC[C@H]1[C@H]1CC(=O)O[C@@H]1CCCOCc1ccccc1. The van der Waals surface area contributed by atoms with Crippen LogP contribution in [0.5, 0.6) is 0 Å². The fourth-order valence-electron chi connectivity index (χ4n) is 4.22. The Kier molecular flexibility index (Phi) is 7.17. The van der Waals surface area contributed by atoms with E-state index in [0.717, 1.165) is 31.2 Å². The topological polar surface area (TPSA) is 65.1 Å². The number of ether oxygens (including phenoxy) is 3. The zero-order valence-corrected chi connectivity index (χ0v) is 17.8.